The molecule has 1 heterocycles. The van der Waals surface area contributed by atoms with Crippen LogP contribution in [0.25, 0.3) is 11.1 Å². The van der Waals surface area contributed by atoms with E-state index in [2.05, 4.69) is 41.3 Å². The van der Waals surface area contributed by atoms with Crippen LogP contribution in [0.3, 0.4) is 0 Å². The molecule has 1 saturated carbocycles. The van der Waals surface area contributed by atoms with Crippen molar-refractivity contribution in [1.29, 1.82) is 0 Å². The minimum atomic E-state index is -0.382. The number of aliphatic hydroxyl groups excluding tert-OH is 1. The normalized spacial score (nSPS) is 26.2. The van der Waals surface area contributed by atoms with E-state index in [9.17, 15) is 9.90 Å². The number of hydrogen-bond acceptors (Lipinski definition) is 5. The molecule has 5 nitrogen and oxygen atoms in total. The number of methoxy groups -OCH3 is 1. The number of benzene rings is 2. The van der Waals surface area contributed by atoms with E-state index in [1.807, 2.05) is 12.1 Å². The first kappa shape index (κ1) is 23.0. The number of ether oxygens (including phenoxy) is 2. The van der Waals surface area contributed by atoms with Gasteiger partial charge in [0.15, 0.2) is 0 Å². The average Bonchev–Trinajstić information content (AvgIpc) is 3.17. The van der Waals surface area contributed by atoms with Gasteiger partial charge in [0.05, 0.1) is 25.9 Å². The fourth-order valence-corrected chi connectivity index (χ4v) is 5.38. The van der Waals surface area contributed by atoms with Crippen LogP contribution in [0.2, 0.25) is 0 Å². The lowest BCUT2D eigenvalue weighted by atomic mass is 9.93. The van der Waals surface area contributed by atoms with Gasteiger partial charge >= 0.3 is 0 Å². The molecule has 5 heteroatoms. The molecule has 0 radical (unpaired) electrons. The molecular formula is C27H35NO4. The maximum atomic E-state index is 11.1. The van der Waals surface area contributed by atoms with Gasteiger partial charge in [-0.3, -0.25) is 4.90 Å². The first-order chi connectivity index (χ1) is 15.7. The molecule has 1 aliphatic carbocycles. The van der Waals surface area contributed by atoms with Gasteiger partial charge in [-0.1, -0.05) is 42.8 Å². The highest BCUT2D eigenvalue weighted by Gasteiger charge is 2.45. The fourth-order valence-electron chi connectivity index (χ4n) is 5.38. The Morgan fingerprint density at radius 2 is 1.66 bits per heavy atom. The highest BCUT2D eigenvalue weighted by Crippen LogP contribution is 2.37. The number of aldehydes is 1. The summed E-state index contributed by atoms with van der Waals surface area (Å²) < 4.78 is 11.6. The summed E-state index contributed by atoms with van der Waals surface area (Å²) >= 11 is 0. The molecule has 4 rings (SSSR count). The molecule has 0 amide bonds. The lowest BCUT2D eigenvalue weighted by Gasteiger charge is -2.38. The number of aliphatic hydroxyl groups is 1. The third-order valence-corrected chi connectivity index (χ3v) is 7.06. The van der Waals surface area contributed by atoms with Crippen molar-refractivity contribution in [1.82, 2.24) is 4.90 Å². The van der Waals surface area contributed by atoms with Crippen molar-refractivity contribution in [2.75, 3.05) is 20.2 Å². The Kier molecular flexibility index (Phi) is 7.95. The third-order valence-electron chi connectivity index (χ3n) is 7.06. The zero-order valence-electron chi connectivity index (χ0n) is 19.0. The molecule has 0 bridgehead atoms. The van der Waals surface area contributed by atoms with Gasteiger partial charge in [-0.25, -0.2) is 0 Å². The van der Waals surface area contributed by atoms with Gasteiger partial charge in [-0.05, 0) is 61.2 Å². The zero-order valence-corrected chi connectivity index (χ0v) is 19.0. The molecule has 1 saturated heterocycles. The van der Waals surface area contributed by atoms with Crippen molar-refractivity contribution in [2.45, 2.75) is 63.4 Å². The molecule has 0 unspecified atom stereocenters. The Hall–Kier alpha value is -2.21. The van der Waals surface area contributed by atoms with E-state index < -0.39 is 0 Å². The van der Waals surface area contributed by atoms with Crippen molar-refractivity contribution < 1.29 is 19.4 Å². The van der Waals surface area contributed by atoms with Crippen molar-refractivity contribution in [2.24, 2.45) is 5.92 Å². The molecule has 2 fully saturated rings. The van der Waals surface area contributed by atoms with E-state index in [0.29, 0.717) is 19.4 Å². The summed E-state index contributed by atoms with van der Waals surface area (Å²) in [7, 11) is 1.67. The van der Waals surface area contributed by atoms with E-state index >= 15 is 0 Å². The minimum absolute atomic E-state index is 0.0156. The Morgan fingerprint density at radius 3 is 2.28 bits per heavy atom. The summed E-state index contributed by atoms with van der Waals surface area (Å²) in [6.45, 7) is 2.60. The molecule has 0 spiro atoms. The van der Waals surface area contributed by atoms with E-state index in [-0.39, 0.29) is 24.2 Å². The van der Waals surface area contributed by atoms with Crippen LogP contribution in [0.4, 0.5) is 0 Å². The van der Waals surface area contributed by atoms with Crippen LogP contribution in [-0.2, 0) is 16.1 Å². The molecule has 2 aromatic carbocycles. The van der Waals surface area contributed by atoms with Gasteiger partial charge in [0.2, 0.25) is 0 Å². The summed E-state index contributed by atoms with van der Waals surface area (Å²) in [6, 6.07) is 16.6. The lowest BCUT2D eigenvalue weighted by molar-refractivity contribution is -0.108. The van der Waals surface area contributed by atoms with Gasteiger partial charge in [0.1, 0.15) is 12.0 Å². The summed E-state index contributed by atoms with van der Waals surface area (Å²) in [5, 5.41) is 10.9. The quantitative estimate of drug-likeness (QED) is 0.587. The third kappa shape index (κ3) is 5.40. The van der Waals surface area contributed by atoms with Crippen molar-refractivity contribution in [3.8, 4) is 16.9 Å². The van der Waals surface area contributed by atoms with Crippen molar-refractivity contribution >= 4 is 6.29 Å². The van der Waals surface area contributed by atoms with Crippen LogP contribution >= 0.6 is 0 Å². The molecule has 172 valence electrons. The molecule has 0 aromatic heterocycles. The largest absolute Gasteiger partial charge is 0.497 e. The van der Waals surface area contributed by atoms with Crippen LogP contribution in [0, 0.1) is 5.92 Å². The van der Waals surface area contributed by atoms with Gasteiger partial charge < -0.3 is 19.4 Å². The SMILES string of the molecule is COc1ccc(-c2ccc(CO[C@@H]3C[C@H](O)[C@@H](N4CCCCC4)[C@@H]3CCC=O)cc2)cc1. The van der Waals surface area contributed by atoms with E-state index in [1.54, 1.807) is 7.11 Å². The van der Waals surface area contributed by atoms with Gasteiger partial charge in [-0.15, -0.1) is 0 Å². The highest BCUT2D eigenvalue weighted by atomic mass is 16.5. The van der Waals surface area contributed by atoms with Crippen molar-refractivity contribution in [3.63, 3.8) is 0 Å². The van der Waals surface area contributed by atoms with Crippen LogP contribution in [0.15, 0.2) is 48.5 Å². The topological polar surface area (TPSA) is 59.0 Å². The lowest BCUT2D eigenvalue weighted by Crippen LogP contribution is -2.47. The monoisotopic (exact) mass is 437 g/mol. The Bertz CT molecular complexity index is 845. The zero-order chi connectivity index (χ0) is 22.3. The fraction of sp³-hybridized carbons (Fsp3) is 0.519. The van der Waals surface area contributed by atoms with E-state index in [4.69, 9.17) is 9.47 Å². The number of piperidine rings is 1. The first-order valence-corrected chi connectivity index (χ1v) is 11.9. The standard InChI is InChI=1S/C27H35NO4/c1-31-23-13-11-22(12-14-23)21-9-7-20(8-10-21)19-32-26-18-25(30)27(24(26)6-5-17-29)28-15-3-2-4-16-28/h7-14,17,24-27,30H,2-6,15-16,18-19H2,1H3/t24-,25+,26-,27+/m1/s1. The predicted molar refractivity (Wildman–Crippen MR) is 126 cm³/mol. The number of rotatable bonds is 9. The minimum Gasteiger partial charge on any atom is -0.497 e. The van der Waals surface area contributed by atoms with E-state index in [1.165, 1.54) is 19.3 Å². The van der Waals surface area contributed by atoms with Crippen LogP contribution in [0.1, 0.15) is 44.1 Å². The summed E-state index contributed by atoms with van der Waals surface area (Å²) in [4.78, 5) is 13.5. The number of hydrogen-bond donors (Lipinski definition) is 1. The predicted octanol–water partition coefficient (Wildman–Crippen LogP) is 4.46. The second kappa shape index (κ2) is 11.1. The second-order valence-corrected chi connectivity index (χ2v) is 9.07. The summed E-state index contributed by atoms with van der Waals surface area (Å²) in [6.07, 6.45) is 6.20. The molecule has 32 heavy (non-hydrogen) atoms. The van der Waals surface area contributed by atoms with Gasteiger partial charge in [-0.2, -0.15) is 0 Å². The molecule has 1 aliphatic heterocycles. The molecule has 2 aliphatic rings. The highest BCUT2D eigenvalue weighted by molar-refractivity contribution is 5.64. The smallest absolute Gasteiger partial charge is 0.120 e. The maximum absolute atomic E-state index is 11.1. The van der Waals surface area contributed by atoms with Gasteiger partial charge in [0, 0.05) is 24.8 Å². The Morgan fingerprint density at radius 1 is 1.00 bits per heavy atom. The number of likely N-dealkylation sites (tertiary alicyclic amines) is 1. The number of nitrogens with zero attached hydrogens (tertiary/aromatic N) is 1. The first-order valence-electron chi connectivity index (χ1n) is 11.9. The van der Waals surface area contributed by atoms with Crippen LogP contribution in [0.5, 0.6) is 5.75 Å². The molecule has 1 N–H and O–H groups in total. The van der Waals surface area contributed by atoms with Crippen LogP contribution in [-0.4, -0.2) is 54.7 Å². The summed E-state index contributed by atoms with van der Waals surface area (Å²) in [5.74, 6) is 1.05. The van der Waals surface area contributed by atoms with E-state index in [0.717, 1.165) is 48.2 Å². The van der Waals surface area contributed by atoms with Crippen molar-refractivity contribution in [3.05, 3.63) is 54.1 Å². The molecule has 4 atom stereocenters. The average molecular weight is 438 g/mol. The summed E-state index contributed by atoms with van der Waals surface area (Å²) in [5.41, 5.74) is 3.42. The van der Waals surface area contributed by atoms with Gasteiger partial charge in [0.25, 0.3) is 0 Å². The van der Waals surface area contributed by atoms with Crippen LogP contribution < -0.4 is 4.74 Å². The molecular weight excluding hydrogens is 402 g/mol. The molecule has 2 aromatic rings. The second-order valence-electron chi connectivity index (χ2n) is 9.07. The maximum Gasteiger partial charge on any atom is 0.120 e. The number of carbonyl (C=O) groups is 1. The Balaban J connectivity index is 1.39. The Labute approximate surface area is 191 Å². The number of carbonyl (C=O) groups excluding carboxylic acids is 1.